The maximum Gasteiger partial charge on any atom is 0.275 e. The Morgan fingerprint density at radius 2 is 1.91 bits per heavy atom. The van der Waals surface area contributed by atoms with Gasteiger partial charge in [0.1, 0.15) is 11.4 Å². The number of unbranched alkanes of at least 4 members (excludes halogenated alkanes) is 1. The molecule has 1 amide bonds. The van der Waals surface area contributed by atoms with Crippen LogP contribution in [-0.4, -0.2) is 18.0 Å². The average Bonchev–Trinajstić information content (AvgIpc) is 3.34. The highest BCUT2D eigenvalue weighted by Gasteiger charge is 2.25. The molecule has 1 saturated carbocycles. The van der Waals surface area contributed by atoms with Gasteiger partial charge >= 0.3 is 0 Å². The van der Waals surface area contributed by atoms with E-state index in [1.807, 2.05) is 53.9 Å². The summed E-state index contributed by atoms with van der Waals surface area (Å²) in [5.74, 6) is 1.91. The van der Waals surface area contributed by atoms with E-state index in [1.54, 1.807) is 18.4 Å². The van der Waals surface area contributed by atoms with Gasteiger partial charge < -0.3 is 10.1 Å². The van der Waals surface area contributed by atoms with E-state index in [-0.39, 0.29) is 5.91 Å². The average molecular weight is 449 g/mol. The Bertz CT molecular complexity index is 1020. The maximum atomic E-state index is 13.1. The lowest BCUT2D eigenvalue weighted by Gasteiger charge is -2.27. The summed E-state index contributed by atoms with van der Waals surface area (Å²) in [4.78, 5) is 17.8. The number of anilines is 1. The van der Waals surface area contributed by atoms with Crippen molar-refractivity contribution in [2.45, 2.75) is 57.8 Å². The lowest BCUT2D eigenvalue weighted by Crippen LogP contribution is -2.15. The Hall–Kier alpha value is -2.66. The van der Waals surface area contributed by atoms with E-state index in [2.05, 4.69) is 12.2 Å². The summed E-state index contributed by atoms with van der Waals surface area (Å²) in [6.45, 7) is 2.27. The first-order valence-electron chi connectivity index (χ1n) is 11.7. The summed E-state index contributed by atoms with van der Waals surface area (Å²) in [5.41, 5.74) is 3.23. The number of nitrogens with one attached hydrogen (secondary N) is 1. The number of carbonyl (C=O) groups is 1. The molecule has 2 aromatic carbocycles. The second-order valence-corrected chi connectivity index (χ2v) is 9.55. The predicted molar refractivity (Wildman–Crippen MR) is 133 cm³/mol. The third-order valence-corrected chi connectivity index (χ3v) is 7.48. The second-order valence-electron chi connectivity index (χ2n) is 8.66. The fourth-order valence-corrected chi connectivity index (χ4v) is 5.55. The van der Waals surface area contributed by atoms with E-state index in [0.29, 0.717) is 17.4 Å². The zero-order valence-corrected chi connectivity index (χ0v) is 19.8. The number of ether oxygens (including phenoxy) is 1. The molecule has 32 heavy (non-hydrogen) atoms. The smallest absolute Gasteiger partial charge is 0.275 e. The van der Waals surface area contributed by atoms with Crippen LogP contribution >= 0.6 is 11.3 Å². The van der Waals surface area contributed by atoms with E-state index in [4.69, 9.17) is 9.72 Å². The van der Waals surface area contributed by atoms with Crippen LogP contribution in [0.1, 0.15) is 73.3 Å². The van der Waals surface area contributed by atoms with Gasteiger partial charge in [-0.1, -0.05) is 56.5 Å². The Balaban J connectivity index is 1.46. The van der Waals surface area contributed by atoms with Crippen LogP contribution in [0.25, 0.3) is 11.1 Å². The molecule has 0 aliphatic heterocycles. The van der Waals surface area contributed by atoms with Crippen LogP contribution in [0.3, 0.4) is 0 Å². The lowest BCUT2D eigenvalue weighted by atomic mass is 9.80. The molecule has 1 fully saturated rings. The number of hydrogen-bond acceptors (Lipinski definition) is 4. The van der Waals surface area contributed by atoms with Crippen LogP contribution in [0.4, 0.5) is 5.69 Å². The lowest BCUT2D eigenvalue weighted by molar-refractivity contribution is 0.102. The quantitative estimate of drug-likeness (QED) is 0.387. The Labute approximate surface area is 195 Å². The summed E-state index contributed by atoms with van der Waals surface area (Å²) in [6.07, 6.45) is 8.94. The molecule has 1 N–H and O–H groups in total. The molecule has 4 rings (SSSR count). The molecule has 0 radical (unpaired) electrons. The number of benzene rings is 2. The Kier molecular flexibility index (Phi) is 7.59. The molecule has 1 aliphatic rings. The van der Waals surface area contributed by atoms with Gasteiger partial charge in [0.25, 0.3) is 5.91 Å². The van der Waals surface area contributed by atoms with Crippen molar-refractivity contribution >= 4 is 22.9 Å². The molecule has 5 heteroatoms. The first-order valence-corrected chi connectivity index (χ1v) is 12.6. The first-order chi connectivity index (χ1) is 15.7. The third kappa shape index (κ3) is 5.39. The highest BCUT2D eigenvalue weighted by molar-refractivity contribution is 7.10. The SMILES string of the molecule is CCCCC1CCC(c2nc(C(=O)Nc3cc(OC)ccc3-c3ccccc3)cs2)CC1. The Morgan fingerprint density at radius 3 is 2.62 bits per heavy atom. The molecule has 0 saturated heterocycles. The maximum absolute atomic E-state index is 13.1. The van der Waals surface area contributed by atoms with Crippen molar-refractivity contribution in [1.29, 1.82) is 0 Å². The van der Waals surface area contributed by atoms with Crippen LogP contribution in [0.15, 0.2) is 53.9 Å². The number of methoxy groups -OCH3 is 1. The van der Waals surface area contributed by atoms with E-state index in [0.717, 1.165) is 27.7 Å². The molecule has 3 aromatic rings. The molecule has 0 atom stereocenters. The van der Waals surface area contributed by atoms with Gasteiger partial charge in [0.15, 0.2) is 0 Å². The molecule has 0 bridgehead atoms. The van der Waals surface area contributed by atoms with Gasteiger partial charge in [-0.05, 0) is 49.3 Å². The number of hydrogen-bond donors (Lipinski definition) is 1. The molecule has 1 aliphatic carbocycles. The second kappa shape index (κ2) is 10.8. The van der Waals surface area contributed by atoms with Crippen LogP contribution in [0.2, 0.25) is 0 Å². The number of nitrogens with zero attached hydrogens (tertiary/aromatic N) is 1. The highest BCUT2D eigenvalue weighted by atomic mass is 32.1. The minimum absolute atomic E-state index is 0.172. The predicted octanol–water partition coefficient (Wildman–Crippen LogP) is 7.54. The van der Waals surface area contributed by atoms with Gasteiger partial charge in [-0.15, -0.1) is 11.3 Å². The largest absolute Gasteiger partial charge is 0.497 e. The molecule has 168 valence electrons. The summed E-state index contributed by atoms with van der Waals surface area (Å²) < 4.78 is 5.38. The van der Waals surface area contributed by atoms with Gasteiger partial charge in [0.2, 0.25) is 0 Å². The monoisotopic (exact) mass is 448 g/mol. The molecule has 1 aromatic heterocycles. The van der Waals surface area contributed by atoms with Gasteiger partial charge in [0, 0.05) is 22.9 Å². The van der Waals surface area contributed by atoms with E-state index in [1.165, 1.54) is 44.9 Å². The summed E-state index contributed by atoms with van der Waals surface area (Å²) in [6, 6.07) is 15.8. The molecular formula is C27H32N2O2S. The molecule has 0 unspecified atom stereocenters. The van der Waals surface area contributed by atoms with E-state index < -0.39 is 0 Å². The van der Waals surface area contributed by atoms with Crippen molar-refractivity contribution in [3.8, 4) is 16.9 Å². The van der Waals surface area contributed by atoms with Crippen molar-refractivity contribution in [1.82, 2.24) is 4.98 Å². The van der Waals surface area contributed by atoms with Gasteiger partial charge in [-0.25, -0.2) is 4.98 Å². The van der Waals surface area contributed by atoms with Crippen LogP contribution < -0.4 is 10.1 Å². The summed E-state index contributed by atoms with van der Waals surface area (Å²) in [5, 5.41) is 6.08. The molecule has 1 heterocycles. The molecular weight excluding hydrogens is 416 g/mol. The van der Waals surface area contributed by atoms with Crippen molar-refractivity contribution in [3.05, 3.63) is 64.6 Å². The Morgan fingerprint density at radius 1 is 1.12 bits per heavy atom. The van der Waals surface area contributed by atoms with Crippen molar-refractivity contribution < 1.29 is 9.53 Å². The van der Waals surface area contributed by atoms with Gasteiger partial charge in [0.05, 0.1) is 17.8 Å². The third-order valence-electron chi connectivity index (χ3n) is 6.48. The van der Waals surface area contributed by atoms with E-state index >= 15 is 0 Å². The minimum Gasteiger partial charge on any atom is -0.497 e. The van der Waals surface area contributed by atoms with Crippen LogP contribution in [-0.2, 0) is 0 Å². The topological polar surface area (TPSA) is 51.2 Å². The van der Waals surface area contributed by atoms with Crippen LogP contribution in [0, 0.1) is 5.92 Å². The number of amides is 1. The number of rotatable bonds is 8. The molecule has 4 nitrogen and oxygen atoms in total. The fraction of sp³-hybridized carbons (Fsp3) is 0.407. The van der Waals surface area contributed by atoms with Gasteiger partial charge in [-0.3, -0.25) is 4.79 Å². The van der Waals surface area contributed by atoms with Crippen LogP contribution in [0.5, 0.6) is 5.75 Å². The van der Waals surface area contributed by atoms with Crippen molar-refractivity contribution in [2.24, 2.45) is 5.92 Å². The number of thiazole rings is 1. The van der Waals surface area contributed by atoms with E-state index in [9.17, 15) is 4.79 Å². The normalized spacial score (nSPS) is 18.3. The highest BCUT2D eigenvalue weighted by Crippen LogP contribution is 2.39. The minimum atomic E-state index is -0.172. The van der Waals surface area contributed by atoms with Crippen molar-refractivity contribution in [2.75, 3.05) is 12.4 Å². The fourth-order valence-electron chi connectivity index (χ4n) is 4.58. The zero-order chi connectivity index (χ0) is 22.3. The number of aromatic nitrogens is 1. The first kappa shape index (κ1) is 22.5. The number of carbonyl (C=O) groups excluding carboxylic acids is 1. The zero-order valence-electron chi connectivity index (χ0n) is 19.0. The van der Waals surface area contributed by atoms with Gasteiger partial charge in [-0.2, -0.15) is 0 Å². The van der Waals surface area contributed by atoms with Crippen molar-refractivity contribution in [3.63, 3.8) is 0 Å². The molecule has 0 spiro atoms. The standard InChI is InChI=1S/C27H32N2O2S/c1-3-4-8-19-11-13-21(14-12-19)27-29-25(18-32-27)26(30)28-24-17-22(31-2)15-16-23(24)20-9-6-5-7-10-20/h5-7,9-10,15-19,21H,3-4,8,11-14H2,1-2H3,(H,28,30). The summed E-state index contributed by atoms with van der Waals surface area (Å²) in [7, 11) is 1.63. The summed E-state index contributed by atoms with van der Waals surface area (Å²) >= 11 is 1.63.